The van der Waals surface area contributed by atoms with E-state index in [2.05, 4.69) is 5.32 Å². The maximum atomic E-state index is 12.1. The molecule has 0 spiro atoms. The van der Waals surface area contributed by atoms with Crippen LogP contribution in [-0.2, 0) is 0 Å². The smallest absolute Gasteiger partial charge is 0.179 e. The van der Waals surface area contributed by atoms with Gasteiger partial charge < -0.3 is 19.9 Å². The Morgan fingerprint density at radius 1 is 1.39 bits per heavy atom. The molecular weight excluding hydrogens is 234 g/mol. The monoisotopic (exact) mass is 251 g/mol. The van der Waals surface area contributed by atoms with E-state index in [1.54, 1.807) is 25.1 Å². The minimum Gasteiger partial charge on any atom is -0.486 e. The van der Waals surface area contributed by atoms with E-state index in [0.29, 0.717) is 36.8 Å². The number of hydrogen-bond donors (Lipinski definition) is 2. The Kier molecular flexibility index (Phi) is 4.17. The van der Waals surface area contributed by atoms with Crippen LogP contribution in [0.4, 0.5) is 0 Å². The number of rotatable bonds is 5. The molecule has 0 radical (unpaired) electrons. The van der Waals surface area contributed by atoms with E-state index in [-0.39, 0.29) is 18.4 Å². The van der Waals surface area contributed by atoms with Crippen molar-refractivity contribution in [1.29, 1.82) is 0 Å². The number of benzene rings is 1. The van der Waals surface area contributed by atoms with Crippen molar-refractivity contribution >= 4 is 5.78 Å². The summed E-state index contributed by atoms with van der Waals surface area (Å²) in [7, 11) is 0. The van der Waals surface area contributed by atoms with Gasteiger partial charge in [0.05, 0.1) is 12.6 Å². The SMILES string of the molecule is CC(NCCO)C(=O)c1ccc2c(c1)OCCO2. The van der Waals surface area contributed by atoms with Crippen molar-refractivity contribution in [2.24, 2.45) is 0 Å². The highest BCUT2D eigenvalue weighted by atomic mass is 16.6. The molecule has 2 rings (SSSR count). The molecule has 2 N–H and O–H groups in total. The summed E-state index contributed by atoms with van der Waals surface area (Å²) in [4.78, 5) is 12.1. The number of ether oxygens (including phenoxy) is 2. The Hall–Kier alpha value is -1.59. The van der Waals surface area contributed by atoms with E-state index >= 15 is 0 Å². The number of carbonyl (C=O) groups excluding carboxylic acids is 1. The Balaban J connectivity index is 2.10. The zero-order valence-electron chi connectivity index (χ0n) is 10.3. The second kappa shape index (κ2) is 5.84. The lowest BCUT2D eigenvalue weighted by Crippen LogP contribution is -2.35. The van der Waals surface area contributed by atoms with Gasteiger partial charge in [-0.1, -0.05) is 0 Å². The molecule has 1 aliphatic rings. The highest BCUT2D eigenvalue weighted by molar-refractivity contribution is 6.00. The number of carbonyl (C=O) groups is 1. The average molecular weight is 251 g/mol. The number of Topliss-reactive ketones (excluding diaryl/α,β-unsaturated/α-hetero) is 1. The molecular formula is C13H17NO4. The maximum absolute atomic E-state index is 12.1. The number of hydrogen-bond acceptors (Lipinski definition) is 5. The van der Waals surface area contributed by atoms with E-state index in [1.165, 1.54) is 0 Å². The zero-order chi connectivity index (χ0) is 13.0. The molecule has 1 aromatic rings. The molecule has 0 aliphatic carbocycles. The van der Waals surface area contributed by atoms with E-state index in [4.69, 9.17) is 14.6 Å². The first kappa shape index (κ1) is 12.9. The third-order valence-corrected chi connectivity index (χ3v) is 2.78. The van der Waals surface area contributed by atoms with Gasteiger partial charge in [0, 0.05) is 12.1 Å². The van der Waals surface area contributed by atoms with Gasteiger partial charge in [0.1, 0.15) is 13.2 Å². The first-order chi connectivity index (χ1) is 8.72. The molecule has 1 atom stereocenters. The Labute approximate surface area is 106 Å². The molecule has 0 amide bonds. The molecule has 0 aromatic heterocycles. The fraction of sp³-hybridized carbons (Fsp3) is 0.462. The van der Waals surface area contributed by atoms with Gasteiger partial charge >= 0.3 is 0 Å². The Morgan fingerprint density at radius 2 is 2.11 bits per heavy atom. The van der Waals surface area contributed by atoms with E-state index < -0.39 is 0 Å². The molecule has 5 heteroatoms. The highest BCUT2D eigenvalue weighted by Gasteiger charge is 2.18. The molecule has 1 aromatic carbocycles. The highest BCUT2D eigenvalue weighted by Crippen LogP contribution is 2.31. The fourth-order valence-electron chi connectivity index (χ4n) is 1.82. The summed E-state index contributed by atoms with van der Waals surface area (Å²) in [6.45, 7) is 3.22. The predicted octanol–water partition coefficient (Wildman–Crippen LogP) is 0.611. The molecule has 0 saturated heterocycles. The van der Waals surface area contributed by atoms with Gasteiger partial charge in [0.2, 0.25) is 0 Å². The molecule has 0 saturated carbocycles. The standard InChI is InChI=1S/C13H17NO4/c1-9(14-4-5-15)13(16)10-2-3-11-12(8-10)18-7-6-17-11/h2-3,8-9,14-15H,4-7H2,1H3. The molecule has 98 valence electrons. The lowest BCUT2D eigenvalue weighted by atomic mass is 10.0. The van der Waals surface area contributed by atoms with Gasteiger partial charge in [-0.3, -0.25) is 4.79 Å². The van der Waals surface area contributed by atoms with Crippen LogP contribution in [0.5, 0.6) is 11.5 Å². The van der Waals surface area contributed by atoms with Gasteiger partial charge in [-0.25, -0.2) is 0 Å². The lowest BCUT2D eigenvalue weighted by Gasteiger charge is -2.19. The molecule has 1 heterocycles. The van der Waals surface area contributed by atoms with Crippen molar-refractivity contribution < 1.29 is 19.4 Å². The maximum Gasteiger partial charge on any atom is 0.179 e. The van der Waals surface area contributed by atoms with E-state index in [1.807, 2.05) is 0 Å². The summed E-state index contributed by atoms with van der Waals surface area (Å²) in [5.41, 5.74) is 0.581. The summed E-state index contributed by atoms with van der Waals surface area (Å²) < 4.78 is 10.8. The number of aliphatic hydroxyl groups is 1. The van der Waals surface area contributed by atoms with Crippen LogP contribution in [0.15, 0.2) is 18.2 Å². The minimum atomic E-state index is -0.334. The predicted molar refractivity (Wildman–Crippen MR) is 66.3 cm³/mol. The first-order valence-corrected chi connectivity index (χ1v) is 6.00. The van der Waals surface area contributed by atoms with Crippen LogP contribution in [0.25, 0.3) is 0 Å². The molecule has 1 unspecified atom stereocenters. The van der Waals surface area contributed by atoms with E-state index in [0.717, 1.165) is 0 Å². The van der Waals surface area contributed by atoms with Crippen molar-refractivity contribution in [2.75, 3.05) is 26.4 Å². The topological polar surface area (TPSA) is 67.8 Å². The Bertz CT molecular complexity index is 433. The van der Waals surface area contributed by atoms with Gasteiger partial charge in [-0.05, 0) is 25.1 Å². The minimum absolute atomic E-state index is 0.0127. The first-order valence-electron chi connectivity index (χ1n) is 6.00. The molecule has 0 bridgehead atoms. The second-order valence-electron chi connectivity index (χ2n) is 4.12. The second-order valence-corrected chi connectivity index (χ2v) is 4.12. The Morgan fingerprint density at radius 3 is 2.83 bits per heavy atom. The molecule has 0 fully saturated rings. The fourth-order valence-corrected chi connectivity index (χ4v) is 1.82. The van der Waals surface area contributed by atoms with E-state index in [9.17, 15) is 4.79 Å². The van der Waals surface area contributed by atoms with Crippen molar-refractivity contribution in [3.05, 3.63) is 23.8 Å². The summed E-state index contributed by atoms with van der Waals surface area (Å²) in [6.07, 6.45) is 0. The third kappa shape index (κ3) is 2.80. The van der Waals surface area contributed by atoms with Crippen LogP contribution in [0, 0.1) is 0 Å². The zero-order valence-corrected chi connectivity index (χ0v) is 10.3. The number of aliphatic hydroxyl groups excluding tert-OH is 1. The summed E-state index contributed by atoms with van der Waals surface area (Å²) in [5.74, 6) is 1.26. The number of nitrogens with one attached hydrogen (secondary N) is 1. The van der Waals surface area contributed by atoms with Crippen LogP contribution in [0.3, 0.4) is 0 Å². The van der Waals surface area contributed by atoms with Crippen molar-refractivity contribution in [3.8, 4) is 11.5 Å². The van der Waals surface area contributed by atoms with Crippen LogP contribution < -0.4 is 14.8 Å². The number of ketones is 1. The summed E-state index contributed by atoms with van der Waals surface area (Å²) >= 11 is 0. The summed E-state index contributed by atoms with van der Waals surface area (Å²) in [5, 5.41) is 11.7. The average Bonchev–Trinajstić information content (AvgIpc) is 2.43. The third-order valence-electron chi connectivity index (χ3n) is 2.78. The summed E-state index contributed by atoms with van der Waals surface area (Å²) in [6, 6.07) is 4.85. The molecule has 18 heavy (non-hydrogen) atoms. The molecule has 1 aliphatic heterocycles. The van der Waals surface area contributed by atoms with Crippen molar-refractivity contribution in [2.45, 2.75) is 13.0 Å². The van der Waals surface area contributed by atoms with Gasteiger partial charge in [0.25, 0.3) is 0 Å². The normalized spacial score (nSPS) is 15.2. The van der Waals surface area contributed by atoms with Crippen molar-refractivity contribution in [1.82, 2.24) is 5.32 Å². The van der Waals surface area contributed by atoms with Gasteiger partial charge in [-0.15, -0.1) is 0 Å². The lowest BCUT2D eigenvalue weighted by molar-refractivity contribution is 0.0947. The number of fused-ring (bicyclic) bond motifs is 1. The van der Waals surface area contributed by atoms with Crippen LogP contribution in [0.1, 0.15) is 17.3 Å². The molecule has 5 nitrogen and oxygen atoms in total. The van der Waals surface area contributed by atoms with Crippen LogP contribution >= 0.6 is 0 Å². The van der Waals surface area contributed by atoms with Gasteiger partial charge in [0.15, 0.2) is 17.3 Å². The van der Waals surface area contributed by atoms with Gasteiger partial charge in [-0.2, -0.15) is 0 Å². The van der Waals surface area contributed by atoms with Crippen LogP contribution in [-0.4, -0.2) is 43.3 Å². The quantitative estimate of drug-likeness (QED) is 0.751. The van der Waals surface area contributed by atoms with Crippen molar-refractivity contribution in [3.63, 3.8) is 0 Å². The van der Waals surface area contributed by atoms with Crippen LogP contribution in [0.2, 0.25) is 0 Å². The largest absolute Gasteiger partial charge is 0.486 e.